The van der Waals surface area contributed by atoms with E-state index in [-0.39, 0.29) is 82.4 Å². The predicted octanol–water partition coefficient (Wildman–Crippen LogP) is 0.996. The van der Waals surface area contributed by atoms with Crippen molar-refractivity contribution in [1.82, 2.24) is 54.9 Å². The first-order chi connectivity index (χ1) is 36.7. The Labute approximate surface area is 438 Å². The second-order valence-electron chi connectivity index (χ2n) is 19.2. The standard InChI is InChI=1S/C53H63N11O12/c65-45(64-15-4-8-43(64)50(73)53-57-41-7-1-2-9-44(41)76-53)31-56-52(75)40-12-13-54-42-30-37(10-11-39(40)42)36-5-3-6-38(29-36)51(74)55-14-16-58-25-27-63(28-26-58)46(66)32-59-17-19-60(33-47(67)68)21-23-62(35-49(71)72)24-22-61(20-18-59)34-48(69)70/h1-3,5-7,9-13,29-30,43H,4,8,14-28,31-35H2,(H,55,74)(H,56,75)(H,67,68)(H,69,70)(H,71,72). The maximum absolute atomic E-state index is 13.7. The minimum atomic E-state index is -1.03. The Morgan fingerprint density at radius 3 is 1.82 bits per heavy atom. The smallest absolute Gasteiger partial charge is 0.317 e. The molecule has 8 rings (SSSR count). The van der Waals surface area contributed by atoms with Crippen LogP contribution < -0.4 is 10.6 Å². The summed E-state index contributed by atoms with van der Waals surface area (Å²) in [6, 6.07) is 20.5. The number of piperazine rings is 1. The first-order valence-electron chi connectivity index (χ1n) is 25.5. The van der Waals surface area contributed by atoms with Crippen molar-refractivity contribution in [3.63, 3.8) is 0 Å². The number of carbonyl (C=O) groups is 8. The van der Waals surface area contributed by atoms with Crippen molar-refractivity contribution >= 4 is 69.3 Å². The van der Waals surface area contributed by atoms with Crippen molar-refractivity contribution in [2.24, 2.45) is 0 Å². The van der Waals surface area contributed by atoms with E-state index in [2.05, 4.69) is 25.5 Å². The summed E-state index contributed by atoms with van der Waals surface area (Å²) in [7, 11) is 0. The molecule has 23 heteroatoms. The number of carboxylic acids is 3. The number of likely N-dealkylation sites (tertiary alicyclic amines) is 1. The Hall–Kier alpha value is -7.70. The summed E-state index contributed by atoms with van der Waals surface area (Å²) >= 11 is 0. The molecule has 1 unspecified atom stereocenters. The van der Waals surface area contributed by atoms with Crippen LogP contribution in [0.5, 0.6) is 0 Å². The highest BCUT2D eigenvalue weighted by Gasteiger charge is 2.37. The number of hydrogen-bond donors (Lipinski definition) is 5. The molecule has 3 fully saturated rings. The molecule has 4 amide bonds. The van der Waals surface area contributed by atoms with E-state index in [9.17, 15) is 53.7 Å². The average Bonchev–Trinajstić information content (AvgIpc) is 4.09. The zero-order chi connectivity index (χ0) is 53.7. The second-order valence-corrected chi connectivity index (χ2v) is 19.2. The van der Waals surface area contributed by atoms with Crippen LogP contribution in [-0.2, 0) is 24.0 Å². The molecule has 23 nitrogen and oxygen atoms in total. The van der Waals surface area contributed by atoms with Gasteiger partial charge in [0, 0.05) is 115 Å². The summed E-state index contributed by atoms with van der Waals surface area (Å²) < 4.78 is 5.68. The van der Waals surface area contributed by atoms with E-state index in [1.54, 1.807) is 74.2 Å². The molecule has 76 heavy (non-hydrogen) atoms. The summed E-state index contributed by atoms with van der Waals surface area (Å²) in [5, 5.41) is 34.8. The summed E-state index contributed by atoms with van der Waals surface area (Å²) in [6.07, 6.45) is 2.60. The molecule has 0 radical (unpaired) electrons. The van der Waals surface area contributed by atoms with E-state index >= 15 is 0 Å². The molecule has 2 aromatic heterocycles. The second kappa shape index (κ2) is 25.7. The number of Topliss-reactive ketones (excluding diaryl/α,β-unsaturated/α-hetero) is 1. The molecule has 3 aromatic carbocycles. The van der Waals surface area contributed by atoms with Gasteiger partial charge < -0.3 is 40.2 Å². The van der Waals surface area contributed by atoms with Gasteiger partial charge in [0.1, 0.15) is 11.6 Å². The molecule has 3 aliphatic rings. The Morgan fingerprint density at radius 2 is 1.18 bits per heavy atom. The highest BCUT2D eigenvalue weighted by atomic mass is 16.4. The van der Waals surface area contributed by atoms with E-state index in [1.165, 1.54) is 11.1 Å². The molecule has 5 N–H and O–H groups in total. The fourth-order valence-corrected chi connectivity index (χ4v) is 9.90. The number of carbonyl (C=O) groups excluding carboxylic acids is 5. The van der Waals surface area contributed by atoms with Crippen LogP contribution >= 0.6 is 0 Å². The summed E-state index contributed by atoms with van der Waals surface area (Å²) in [6.45, 7) is 4.90. The molecule has 5 aromatic rings. The third kappa shape index (κ3) is 14.6. The number of para-hydroxylation sites is 2. The maximum atomic E-state index is 13.7. The van der Waals surface area contributed by atoms with Gasteiger partial charge in [0.2, 0.25) is 17.6 Å². The number of nitrogens with one attached hydrogen (secondary N) is 2. The van der Waals surface area contributed by atoms with Crippen LogP contribution in [-0.4, -0.2) is 244 Å². The number of amides is 4. The lowest BCUT2D eigenvalue weighted by atomic mass is 9.99. The van der Waals surface area contributed by atoms with Crippen LogP contribution in [0, 0.1) is 0 Å². The zero-order valence-corrected chi connectivity index (χ0v) is 42.2. The lowest BCUT2D eigenvalue weighted by molar-refractivity contribution is -0.141. The molecule has 0 aliphatic carbocycles. The van der Waals surface area contributed by atoms with Crippen molar-refractivity contribution < 1.29 is 58.1 Å². The van der Waals surface area contributed by atoms with Gasteiger partial charge in [0.25, 0.3) is 17.7 Å². The Kier molecular flexibility index (Phi) is 18.4. The lowest BCUT2D eigenvalue weighted by Crippen LogP contribution is -2.53. The maximum Gasteiger partial charge on any atom is 0.317 e. The van der Waals surface area contributed by atoms with E-state index in [1.807, 2.05) is 23.1 Å². The van der Waals surface area contributed by atoms with Crippen LogP contribution in [0.25, 0.3) is 33.1 Å². The number of ketones is 1. The van der Waals surface area contributed by atoms with E-state index in [0.29, 0.717) is 118 Å². The topological polar surface area (TPSA) is 283 Å². The number of carboxylic acid groups (broad SMARTS) is 3. The number of oxazole rings is 1. The zero-order valence-electron chi connectivity index (χ0n) is 42.2. The van der Waals surface area contributed by atoms with Gasteiger partial charge in [-0.1, -0.05) is 36.4 Å². The largest absolute Gasteiger partial charge is 0.480 e. The number of aromatic nitrogens is 2. The number of rotatable bonds is 18. The van der Waals surface area contributed by atoms with Crippen molar-refractivity contribution in [1.29, 1.82) is 0 Å². The Morgan fingerprint density at radius 1 is 0.579 bits per heavy atom. The molecular formula is C53H63N11O12. The minimum absolute atomic E-state index is 0.0510. The highest BCUT2D eigenvalue weighted by molar-refractivity contribution is 6.08. The predicted molar refractivity (Wildman–Crippen MR) is 277 cm³/mol. The molecule has 3 saturated heterocycles. The van der Waals surface area contributed by atoms with Gasteiger partial charge >= 0.3 is 17.9 Å². The van der Waals surface area contributed by atoms with Crippen molar-refractivity contribution in [3.8, 4) is 11.1 Å². The molecule has 0 saturated carbocycles. The molecule has 5 heterocycles. The van der Waals surface area contributed by atoms with Crippen LogP contribution in [0.1, 0.15) is 44.2 Å². The quantitative estimate of drug-likeness (QED) is 0.0766. The van der Waals surface area contributed by atoms with Gasteiger partial charge in [-0.2, -0.15) is 0 Å². The lowest BCUT2D eigenvalue weighted by Gasteiger charge is -2.37. The van der Waals surface area contributed by atoms with E-state index < -0.39 is 35.8 Å². The first kappa shape index (κ1) is 54.6. The fourth-order valence-electron chi connectivity index (χ4n) is 9.90. The summed E-state index contributed by atoms with van der Waals surface area (Å²) in [5.74, 6) is -4.72. The number of pyridine rings is 1. The third-order valence-electron chi connectivity index (χ3n) is 14.0. The molecule has 0 bridgehead atoms. The van der Waals surface area contributed by atoms with Crippen LogP contribution in [0.3, 0.4) is 0 Å². The van der Waals surface area contributed by atoms with Gasteiger partial charge in [0.15, 0.2) is 5.58 Å². The first-order valence-corrected chi connectivity index (χ1v) is 25.5. The molecule has 402 valence electrons. The van der Waals surface area contributed by atoms with E-state index in [4.69, 9.17) is 4.42 Å². The van der Waals surface area contributed by atoms with Gasteiger partial charge in [-0.15, -0.1) is 0 Å². The summed E-state index contributed by atoms with van der Waals surface area (Å²) in [4.78, 5) is 123. The Bertz CT molecular complexity index is 2880. The number of nitrogens with zero attached hydrogens (tertiary/aromatic N) is 9. The van der Waals surface area contributed by atoms with Crippen molar-refractivity contribution in [3.05, 3.63) is 96.0 Å². The molecular weight excluding hydrogens is 983 g/mol. The van der Waals surface area contributed by atoms with Crippen LogP contribution in [0.4, 0.5) is 0 Å². The van der Waals surface area contributed by atoms with Gasteiger partial charge in [0.05, 0.1) is 43.8 Å². The van der Waals surface area contributed by atoms with Gasteiger partial charge in [-0.3, -0.25) is 67.8 Å². The van der Waals surface area contributed by atoms with Crippen LogP contribution in [0.2, 0.25) is 0 Å². The fraction of sp³-hybridized carbons (Fsp3) is 0.434. The SMILES string of the molecule is O=C(O)CN1CCN(CC(=O)O)CCN(CC(=O)N2CCN(CCNC(=O)c3cccc(-c4ccc5c(C(=O)NCC(=O)N6CCCC6C(=O)c6nc7ccccc7o6)ccnc5c4)c3)CC2)CCN(CC(=O)O)CC1. The van der Waals surface area contributed by atoms with Crippen molar-refractivity contribution in [2.45, 2.75) is 18.9 Å². The summed E-state index contributed by atoms with van der Waals surface area (Å²) in [5.41, 5.74) is 3.88. The van der Waals surface area contributed by atoms with Crippen molar-refractivity contribution in [2.75, 3.05) is 131 Å². The van der Waals surface area contributed by atoms with Gasteiger partial charge in [-0.25, -0.2) is 4.98 Å². The average molecular weight is 1050 g/mol. The highest BCUT2D eigenvalue weighted by Crippen LogP contribution is 2.27. The monoisotopic (exact) mass is 1050 g/mol. The minimum Gasteiger partial charge on any atom is -0.480 e. The van der Waals surface area contributed by atoms with Crippen LogP contribution in [0.15, 0.2) is 83.4 Å². The third-order valence-corrected chi connectivity index (χ3v) is 14.0. The molecule has 3 aliphatic heterocycles. The number of aliphatic carboxylic acids is 3. The normalized spacial score (nSPS) is 18.0. The molecule has 0 spiro atoms. The number of benzene rings is 3. The number of fused-ring (bicyclic) bond motifs is 2. The molecule has 1 atom stereocenters. The number of hydrogen-bond acceptors (Lipinski definition) is 16. The van der Waals surface area contributed by atoms with E-state index in [0.717, 1.165) is 11.1 Å². The van der Waals surface area contributed by atoms with Gasteiger partial charge in [-0.05, 0) is 60.4 Å². The Balaban J connectivity index is 0.797.